The molecule has 2 amide bonds. The monoisotopic (exact) mass is 275 g/mol. The van der Waals surface area contributed by atoms with Gasteiger partial charge in [0, 0.05) is 16.7 Å². The summed E-state index contributed by atoms with van der Waals surface area (Å²) in [7, 11) is 0. The van der Waals surface area contributed by atoms with Crippen LogP contribution in [0, 0.1) is 5.41 Å². The number of rotatable bonds is 1. The lowest BCUT2D eigenvalue weighted by atomic mass is 9.84. The molecule has 1 unspecified atom stereocenters. The molecule has 1 atom stereocenters. The molecule has 2 heterocycles. The molecular formula is C14H17N3OS. The van der Waals surface area contributed by atoms with Crippen molar-refractivity contribution in [3.8, 4) is 0 Å². The van der Waals surface area contributed by atoms with E-state index >= 15 is 0 Å². The number of carbonyl (C=O) groups excluding carboxylic acids is 1. The highest BCUT2D eigenvalue weighted by Crippen LogP contribution is 2.47. The van der Waals surface area contributed by atoms with Gasteiger partial charge in [-0.05, 0) is 31.9 Å². The number of hydrogen-bond acceptors (Lipinski definition) is 3. The molecule has 1 spiro atoms. The van der Waals surface area contributed by atoms with Gasteiger partial charge in [-0.2, -0.15) is 0 Å². The van der Waals surface area contributed by atoms with Gasteiger partial charge in [0.1, 0.15) is 11.4 Å². The Morgan fingerprint density at radius 1 is 1.42 bits per heavy atom. The molecule has 1 saturated heterocycles. The lowest BCUT2D eigenvalue weighted by Gasteiger charge is -2.42. The number of amidine groups is 1. The molecule has 1 fully saturated rings. The summed E-state index contributed by atoms with van der Waals surface area (Å²) in [5.41, 5.74) is 0.496. The first-order valence-corrected chi connectivity index (χ1v) is 7.47. The maximum Gasteiger partial charge on any atom is 0.324 e. The third-order valence-corrected chi connectivity index (χ3v) is 4.92. The zero-order chi connectivity index (χ0) is 13.6. The Bertz CT molecular complexity index is 557. The number of amides is 2. The van der Waals surface area contributed by atoms with Gasteiger partial charge in [0.2, 0.25) is 0 Å². The quantitative estimate of drug-likeness (QED) is 0.828. The Labute approximate surface area is 117 Å². The third kappa shape index (κ3) is 1.61. The van der Waals surface area contributed by atoms with Crippen molar-refractivity contribution in [1.29, 1.82) is 5.41 Å². The van der Waals surface area contributed by atoms with Crippen LogP contribution >= 0.6 is 11.8 Å². The minimum Gasteiger partial charge on any atom is -0.305 e. The number of carbonyl (C=O) groups is 1. The average molecular weight is 275 g/mol. The van der Waals surface area contributed by atoms with Crippen LogP contribution in [0.1, 0.15) is 25.8 Å². The lowest BCUT2D eigenvalue weighted by molar-refractivity contribution is 0.144. The number of hydrogen-bond donors (Lipinski definition) is 2. The second-order valence-corrected chi connectivity index (χ2v) is 6.36. The van der Waals surface area contributed by atoms with Crippen molar-refractivity contribution >= 4 is 23.6 Å². The largest absolute Gasteiger partial charge is 0.324 e. The number of fused-ring (bicyclic) bond motifs is 2. The van der Waals surface area contributed by atoms with Crippen LogP contribution in [0.3, 0.4) is 0 Å². The molecule has 3 rings (SSSR count). The Morgan fingerprint density at radius 2 is 2.16 bits per heavy atom. The molecule has 0 saturated carbocycles. The molecule has 100 valence electrons. The highest BCUT2D eigenvalue weighted by Gasteiger charge is 2.54. The highest BCUT2D eigenvalue weighted by molar-refractivity contribution is 7.99. The van der Waals surface area contributed by atoms with Crippen LogP contribution < -0.4 is 5.32 Å². The summed E-state index contributed by atoms with van der Waals surface area (Å²) in [4.78, 5) is 15.2. The Hall–Kier alpha value is -1.49. The second-order valence-electron chi connectivity index (χ2n) is 5.22. The maximum absolute atomic E-state index is 12.2. The summed E-state index contributed by atoms with van der Waals surface area (Å²) in [6.07, 6.45) is 0.796. The molecule has 0 bridgehead atoms. The van der Waals surface area contributed by atoms with Crippen molar-refractivity contribution in [2.24, 2.45) is 0 Å². The summed E-state index contributed by atoms with van der Waals surface area (Å²) >= 11 is 1.80. The topological polar surface area (TPSA) is 56.2 Å². The van der Waals surface area contributed by atoms with E-state index < -0.39 is 5.54 Å². The number of urea groups is 1. The standard InChI is InChI=1S/C14H17N3OS/c1-9(2)17-13(18)16-12(15)14(17)7-8-19-11-6-4-3-5-10(11)14/h3-6,9H,7-8H2,1-2H3,(H2,15,16,18). The summed E-state index contributed by atoms with van der Waals surface area (Å²) < 4.78 is 0. The van der Waals surface area contributed by atoms with Gasteiger partial charge in [-0.3, -0.25) is 10.7 Å². The molecule has 1 aromatic rings. The van der Waals surface area contributed by atoms with Crippen molar-refractivity contribution in [3.05, 3.63) is 29.8 Å². The van der Waals surface area contributed by atoms with Gasteiger partial charge in [0.25, 0.3) is 0 Å². The third-order valence-electron chi connectivity index (χ3n) is 3.85. The minimum absolute atomic E-state index is 0.0685. The Morgan fingerprint density at radius 3 is 2.89 bits per heavy atom. The molecule has 1 aromatic carbocycles. The van der Waals surface area contributed by atoms with Gasteiger partial charge in [-0.1, -0.05) is 18.2 Å². The van der Waals surface area contributed by atoms with Crippen LogP contribution in [0.15, 0.2) is 29.2 Å². The molecular weight excluding hydrogens is 258 g/mol. The SMILES string of the molecule is CC(C)N1C(=O)NC(=N)C12CCSc1ccccc12. The fraction of sp³-hybridized carbons (Fsp3) is 0.429. The predicted octanol–water partition coefficient (Wildman–Crippen LogP) is 2.79. The van der Waals surface area contributed by atoms with Gasteiger partial charge >= 0.3 is 6.03 Å². The van der Waals surface area contributed by atoms with Crippen LogP contribution in [0.2, 0.25) is 0 Å². The van der Waals surface area contributed by atoms with Crippen LogP contribution in [-0.2, 0) is 5.54 Å². The van der Waals surface area contributed by atoms with Gasteiger partial charge < -0.3 is 4.90 Å². The van der Waals surface area contributed by atoms with E-state index in [-0.39, 0.29) is 12.1 Å². The molecule has 2 aliphatic heterocycles. The molecule has 0 aromatic heterocycles. The van der Waals surface area contributed by atoms with Gasteiger partial charge in [-0.25, -0.2) is 4.79 Å². The molecule has 0 aliphatic carbocycles. The van der Waals surface area contributed by atoms with Crippen molar-refractivity contribution in [1.82, 2.24) is 10.2 Å². The van der Waals surface area contributed by atoms with Crippen molar-refractivity contribution in [2.45, 2.75) is 36.7 Å². The van der Waals surface area contributed by atoms with Crippen LogP contribution in [0.5, 0.6) is 0 Å². The first-order valence-electron chi connectivity index (χ1n) is 6.49. The highest BCUT2D eigenvalue weighted by atomic mass is 32.2. The summed E-state index contributed by atoms with van der Waals surface area (Å²) in [6, 6.07) is 8.04. The number of thioether (sulfide) groups is 1. The van der Waals surface area contributed by atoms with E-state index in [0.717, 1.165) is 17.7 Å². The summed E-state index contributed by atoms with van der Waals surface area (Å²) in [6.45, 7) is 4.01. The zero-order valence-corrected chi connectivity index (χ0v) is 11.9. The fourth-order valence-electron chi connectivity index (χ4n) is 3.13. The maximum atomic E-state index is 12.2. The summed E-state index contributed by atoms with van der Waals surface area (Å²) in [5.74, 6) is 1.25. The van der Waals surface area contributed by atoms with E-state index in [9.17, 15) is 4.79 Å². The fourth-order valence-corrected chi connectivity index (χ4v) is 4.31. The molecule has 2 N–H and O–H groups in total. The van der Waals surface area contributed by atoms with E-state index in [1.54, 1.807) is 11.8 Å². The normalized spacial score (nSPS) is 25.9. The van der Waals surface area contributed by atoms with Crippen molar-refractivity contribution < 1.29 is 4.79 Å². The van der Waals surface area contributed by atoms with E-state index in [1.807, 2.05) is 36.9 Å². The molecule has 4 nitrogen and oxygen atoms in total. The van der Waals surface area contributed by atoms with E-state index in [1.165, 1.54) is 4.90 Å². The van der Waals surface area contributed by atoms with Gasteiger partial charge in [-0.15, -0.1) is 11.8 Å². The van der Waals surface area contributed by atoms with Gasteiger partial charge in [0.15, 0.2) is 0 Å². The zero-order valence-electron chi connectivity index (χ0n) is 11.1. The first kappa shape index (κ1) is 12.5. The molecule has 2 aliphatic rings. The van der Waals surface area contributed by atoms with Crippen LogP contribution in [0.25, 0.3) is 0 Å². The smallest absolute Gasteiger partial charge is 0.305 e. The molecule has 19 heavy (non-hydrogen) atoms. The first-order chi connectivity index (χ1) is 9.07. The Balaban J connectivity index is 2.22. The Kier molecular flexibility index (Phi) is 2.82. The van der Waals surface area contributed by atoms with E-state index in [0.29, 0.717) is 5.84 Å². The molecule has 0 radical (unpaired) electrons. The summed E-state index contributed by atoms with van der Waals surface area (Å²) in [5, 5.41) is 11.0. The predicted molar refractivity (Wildman–Crippen MR) is 76.7 cm³/mol. The lowest BCUT2D eigenvalue weighted by Crippen LogP contribution is -2.51. The minimum atomic E-state index is -0.590. The van der Waals surface area contributed by atoms with E-state index in [4.69, 9.17) is 5.41 Å². The van der Waals surface area contributed by atoms with Crippen LogP contribution in [-0.4, -0.2) is 28.6 Å². The molecule has 5 heteroatoms. The number of benzene rings is 1. The van der Waals surface area contributed by atoms with Gasteiger partial charge in [0.05, 0.1) is 0 Å². The number of nitrogens with one attached hydrogen (secondary N) is 2. The average Bonchev–Trinajstić information content (AvgIpc) is 2.62. The second kappa shape index (κ2) is 4.27. The van der Waals surface area contributed by atoms with E-state index in [2.05, 4.69) is 11.4 Å². The van der Waals surface area contributed by atoms with Crippen molar-refractivity contribution in [2.75, 3.05) is 5.75 Å². The number of nitrogens with zero attached hydrogens (tertiary/aromatic N) is 1. The van der Waals surface area contributed by atoms with Crippen LogP contribution in [0.4, 0.5) is 4.79 Å². The van der Waals surface area contributed by atoms with Crippen molar-refractivity contribution in [3.63, 3.8) is 0 Å².